The number of anilines is 2. The van der Waals surface area contributed by atoms with Gasteiger partial charge in [-0.15, -0.1) is 16.4 Å². The topological polar surface area (TPSA) is 150 Å². The summed E-state index contributed by atoms with van der Waals surface area (Å²) in [6, 6.07) is 10.2. The van der Waals surface area contributed by atoms with Crippen LogP contribution >= 0.6 is 11.3 Å². The fourth-order valence-electron chi connectivity index (χ4n) is 4.10. The minimum Gasteiger partial charge on any atom is -0.378 e. The highest BCUT2D eigenvalue weighted by atomic mass is 32.1. The van der Waals surface area contributed by atoms with E-state index in [1.165, 1.54) is 5.56 Å². The fraction of sp³-hybridized carbons (Fsp3) is 0.484. The average Bonchev–Trinajstić information content (AvgIpc) is 3.72. The molecule has 3 N–H and O–H groups in total. The van der Waals surface area contributed by atoms with E-state index in [2.05, 4.69) is 39.7 Å². The maximum Gasteiger partial charge on any atom is 0.187 e. The Morgan fingerprint density at radius 2 is 1.42 bits per heavy atom. The lowest BCUT2D eigenvalue weighted by Gasteiger charge is -2.08. The molecule has 244 valence electrons. The molecule has 45 heavy (non-hydrogen) atoms. The normalized spacial score (nSPS) is 11.3. The predicted octanol–water partition coefficient (Wildman–Crippen LogP) is 3.57. The van der Waals surface area contributed by atoms with Crippen LogP contribution in [-0.4, -0.2) is 111 Å². The molecule has 0 aliphatic rings. The first-order valence-corrected chi connectivity index (χ1v) is 15.9. The third kappa shape index (κ3) is 12.9. The van der Waals surface area contributed by atoms with Gasteiger partial charge in [-0.05, 0) is 30.7 Å². The fourth-order valence-corrected chi connectivity index (χ4v) is 4.83. The van der Waals surface area contributed by atoms with Crippen LogP contribution < -0.4 is 11.1 Å². The standard InChI is InChI=1S/C31H43N7O6S/c1-25-3-2-4-26(21-25)34-31-35-30(24-45-31)27-5-7-33-22-28(27)29-23-38(37-36-29)8-10-40-12-14-42-16-18-44-20-19-43-17-15-41-13-11-39-9-6-32/h2-5,7,21-24H,6,8-20,32H2,1H3,(H,34,35). The summed E-state index contributed by atoms with van der Waals surface area (Å²) in [6.45, 7) is 9.34. The van der Waals surface area contributed by atoms with Crippen LogP contribution in [0.3, 0.4) is 0 Å². The molecule has 3 aromatic heterocycles. The summed E-state index contributed by atoms with van der Waals surface area (Å²) in [6.07, 6.45) is 5.45. The Morgan fingerprint density at radius 3 is 2.07 bits per heavy atom. The molecule has 0 amide bonds. The Bertz CT molecular complexity index is 1370. The zero-order valence-corrected chi connectivity index (χ0v) is 26.6. The van der Waals surface area contributed by atoms with Crippen molar-refractivity contribution in [3.05, 3.63) is 59.9 Å². The highest BCUT2D eigenvalue weighted by molar-refractivity contribution is 7.14. The zero-order valence-electron chi connectivity index (χ0n) is 25.8. The average molecular weight is 642 g/mol. The molecule has 4 rings (SSSR count). The summed E-state index contributed by atoms with van der Waals surface area (Å²) >= 11 is 1.55. The molecule has 0 atom stereocenters. The van der Waals surface area contributed by atoms with E-state index >= 15 is 0 Å². The molecule has 0 fully saturated rings. The molecular weight excluding hydrogens is 598 g/mol. The molecule has 3 heterocycles. The van der Waals surface area contributed by atoms with Crippen LogP contribution in [0.5, 0.6) is 0 Å². The van der Waals surface area contributed by atoms with E-state index in [1.807, 2.05) is 29.8 Å². The smallest absolute Gasteiger partial charge is 0.187 e. The number of hydrogen-bond donors (Lipinski definition) is 2. The van der Waals surface area contributed by atoms with Crippen molar-refractivity contribution in [3.8, 4) is 22.5 Å². The molecule has 0 aliphatic carbocycles. The lowest BCUT2D eigenvalue weighted by Crippen LogP contribution is -2.15. The van der Waals surface area contributed by atoms with E-state index in [1.54, 1.807) is 28.4 Å². The first-order chi connectivity index (χ1) is 22.2. The van der Waals surface area contributed by atoms with Gasteiger partial charge in [0.2, 0.25) is 0 Å². The molecule has 0 aliphatic heterocycles. The van der Waals surface area contributed by atoms with Crippen molar-refractivity contribution in [1.82, 2.24) is 25.0 Å². The van der Waals surface area contributed by atoms with E-state index in [9.17, 15) is 0 Å². The summed E-state index contributed by atoms with van der Waals surface area (Å²) in [7, 11) is 0. The van der Waals surface area contributed by atoms with E-state index < -0.39 is 0 Å². The number of nitrogens with zero attached hydrogens (tertiary/aromatic N) is 5. The van der Waals surface area contributed by atoms with Crippen molar-refractivity contribution in [2.45, 2.75) is 13.5 Å². The summed E-state index contributed by atoms with van der Waals surface area (Å²) in [5.41, 5.74) is 10.9. The molecule has 0 radical (unpaired) electrons. The van der Waals surface area contributed by atoms with Gasteiger partial charge in [-0.2, -0.15) is 0 Å². The van der Waals surface area contributed by atoms with Gasteiger partial charge in [0.1, 0.15) is 5.69 Å². The minimum absolute atomic E-state index is 0.484. The van der Waals surface area contributed by atoms with E-state index in [-0.39, 0.29) is 0 Å². The number of benzene rings is 1. The highest BCUT2D eigenvalue weighted by Gasteiger charge is 2.14. The van der Waals surface area contributed by atoms with Gasteiger partial charge in [0.05, 0.1) is 97.7 Å². The molecule has 0 spiro atoms. The Balaban J connectivity index is 1.05. The monoisotopic (exact) mass is 641 g/mol. The molecule has 1 aromatic carbocycles. The number of nitrogens with one attached hydrogen (secondary N) is 1. The van der Waals surface area contributed by atoms with Crippen molar-refractivity contribution < 1.29 is 28.4 Å². The largest absolute Gasteiger partial charge is 0.378 e. The van der Waals surface area contributed by atoms with Crippen LogP contribution in [0.25, 0.3) is 22.5 Å². The van der Waals surface area contributed by atoms with Crippen LogP contribution in [0.4, 0.5) is 10.8 Å². The third-order valence-corrected chi connectivity index (χ3v) is 7.03. The Labute approximate surface area is 268 Å². The van der Waals surface area contributed by atoms with Gasteiger partial charge in [-0.1, -0.05) is 17.3 Å². The number of hydrogen-bond acceptors (Lipinski definition) is 13. The second-order valence-electron chi connectivity index (χ2n) is 9.78. The molecule has 0 saturated heterocycles. The van der Waals surface area contributed by atoms with Gasteiger partial charge in [0, 0.05) is 41.1 Å². The molecule has 0 saturated carbocycles. The molecule has 4 aromatic rings. The summed E-state index contributed by atoms with van der Waals surface area (Å²) < 4.78 is 34.6. The van der Waals surface area contributed by atoms with E-state index in [0.717, 1.165) is 33.3 Å². The lowest BCUT2D eigenvalue weighted by atomic mass is 10.1. The molecule has 0 bridgehead atoms. The predicted molar refractivity (Wildman–Crippen MR) is 173 cm³/mol. The van der Waals surface area contributed by atoms with Gasteiger partial charge in [-0.3, -0.25) is 4.98 Å². The minimum atomic E-state index is 0.484. The van der Waals surface area contributed by atoms with Gasteiger partial charge in [-0.25, -0.2) is 9.67 Å². The van der Waals surface area contributed by atoms with Gasteiger partial charge in [0.25, 0.3) is 0 Å². The van der Waals surface area contributed by atoms with Gasteiger partial charge < -0.3 is 39.5 Å². The first-order valence-electron chi connectivity index (χ1n) is 15.0. The van der Waals surface area contributed by atoms with E-state index in [0.29, 0.717) is 92.4 Å². The number of thiazole rings is 1. The Morgan fingerprint density at radius 1 is 0.778 bits per heavy atom. The third-order valence-electron chi connectivity index (χ3n) is 6.27. The highest BCUT2D eigenvalue weighted by Crippen LogP contribution is 2.33. The van der Waals surface area contributed by atoms with Gasteiger partial charge >= 0.3 is 0 Å². The number of pyridine rings is 1. The van der Waals surface area contributed by atoms with Crippen LogP contribution in [0.15, 0.2) is 54.3 Å². The van der Waals surface area contributed by atoms with Crippen molar-refractivity contribution in [3.63, 3.8) is 0 Å². The Kier molecular flexibility index (Phi) is 15.8. The quantitative estimate of drug-likeness (QED) is 0.108. The van der Waals surface area contributed by atoms with Crippen LogP contribution in [0.1, 0.15) is 5.56 Å². The molecular formula is C31H43N7O6S. The number of aryl methyl sites for hydroxylation is 1. The summed E-state index contributed by atoms with van der Waals surface area (Å²) in [4.78, 5) is 9.11. The number of aromatic nitrogens is 5. The number of nitrogens with two attached hydrogens (primary N) is 1. The summed E-state index contributed by atoms with van der Waals surface area (Å²) in [5.74, 6) is 0. The maximum atomic E-state index is 5.70. The maximum absolute atomic E-state index is 5.70. The summed E-state index contributed by atoms with van der Waals surface area (Å²) in [5, 5.41) is 14.9. The number of ether oxygens (including phenoxy) is 6. The Hall–Kier alpha value is -3.34. The second-order valence-corrected chi connectivity index (χ2v) is 10.6. The SMILES string of the molecule is Cc1cccc(Nc2nc(-c3ccncc3-c3cn(CCOCCOCCOCCOCCOCCOCCN)nn3)cs2)c1. The van der Waals surface area contributed by atoms with Crippen molar-refractivity contribution in [2.24, 2.45) is 5.73 Å². The lowest BCUT2D eigenvalue weighted by molar-refractivity contribution is -0.0167. The molecule has 0 unspecified atom stereocenters. The van der Waals surface area contributed by atoms with Crippen LogP contribution in [0.2, 0.25) is 0 Å². The molecule has 13 nitrogen and oxygen atoms in total. The van der Waals surface area contributed by atoms with Gasteiger partial charge in [0.15, 0.2) is 5.13 Å². The van der Waals surface area contributed by atoms with Crippen molar-refractivity contribution in [1.29, 1.82) is 0 Å². The van der Waals surface area contributed by atoms with Crippen LogP contribution in [-0.2, 0) is 35.0 Å². The van der Waals surface area contributed by atoms with Crippen LogP contribution in [0, 0.1) is 6.92 Å². The zero-order chi connectivity index (χ0) is 31.4. The van der Waals surface area contributed by atoms with Crippen molar-refractivity contribution in [2.75, 3.05) is 91.1 Å². The molecule has 14 heteroatoms. The van der Waals surface area contributed by atoms with Crippen molar-refractivity contribution >= 4 is 22.2 Å². The van der Waals surface area contributed by atoms with E-state index in [4.69, 9.17) is 39.1 Å². The number of rotatable bonds is 24. The second kappa shape index (κ2) is 20.6. The first kappa shape index (κ1) is 34.5.